The van der Waals surface area contributed by atoms with Gasteiger partial charge in [-0.3, -0.25) is 14.5 Å². The Bertz CT molecular complexity index is 1270. The molecule has 4 rings (SSSR count). The number of carbonyl (C=O) groups is 2. The summed E-state index contributed by atoms with van der Waals surface area (Å²) in [7, 11) is 1.59. The minimum Gasteiger partial charge on any atom is -0.497 e. The number of hydrogen-bond donors (Lipinski definition) is 1. The average Bonchev–Trinajstić information content (AvgIpc) is 2.85. The molecule has 1 N–H and O–H groups in total. The van der Waals surface area contributed by atoms with E-state index in [0.29, 0.717) is 27.3 Å². The molecule has 0 radical (unpaired) electrons. The Morgan fingerprint density at radius 3 is 2.54 bits per heavy atom. The highest BCUT2D eigenvalue weighted by Gasteiger charge is 2.36. The predicted octanol–water partition coefficient (Wildman–Crippen LogP) is 5.96. The van der Waals surface area contributed by atoms with Crippen molar-refractivity contribution < 1.29 is 18.7 Å². The van der Waals surface area contributed by atoms with E-state index in [2.05, 4.69) is 10.3 Å². The van der Waals surface area contributed by atoms with Gasteiger partial charge in [0.15, 0.2) is 5.17 Å². The first-order valence-electron chi connectivity index (χ1n) is 10.8. The lowest BCUT2D eigenvalue weighted by Crippen LogP contribution is -2.44. The molecule has 0 bridgehead atoms. The Morgan fingerprint density at radius 1 is 1.17 bits per heavy atom. The number of methoxy groups -OCH3 is 1. The fourth-order valence-electron chi connectivity index (χ4n) is 3.43. The molecule has 3 aromatic carbocycles. The van der Waals surface area contributed by atoms with Gasteiger partial charge in [-0.25, -0.2) is 9.38 Å². The monoisotopic (exact) mass is 511 g/mol. The van der Waals surface area contributed by atoms with Gasteiger partial charge in [0, 0.05) is 17.1 Å². The Kier molecular flexibility index (Phi) is 7.73. The number of halogens is 2. The second-order valence-corrected chi connectivity index (χ2v) is 9.54. The number of nitrogens with one attached hydrogen (secondary N) is 1. The number of rotatable bonds is 6. The lowest BCUT2D eigenvalue weighted by atomic mass is 10.2. The number of ether oxygens (including phenoxy) is 1. The van der Waals surface area contributed by atoms with E-state index in [1.54, 1.807) is 24.1 Å². The first kappa shape index (κ1) is 24.8. The highest BCUT2D eigenvalue weighted by molar-refractivity contribution is 8.15. The van der Waals surface area contributed by atoms with Crippen LogP contribution < -0.4 is 10.1 Å². The number of carbonyl (C=O) groups excluding carboxylic acids is 2. The van der Waals surface area contributed by atoms with Gasteiger partial charge in [-0.15, -0.1) is 0 Å². The third kappa shape index (κ3) is 6.21. The second-order valence-electron chi connectivity index (χ2n) is 7.96. The zero-order valence-electron chi connectivity index (χ0n) is 19.1. The minimum absolute atomic E-state index is 0.00862. The van der Waals surface area contributed by atoms with Crippen LogP contribution in [0.2, 0.25) is 5.02 Å². The maximum atomic E-state index is 13.4. The first-order valence-corrected chi connectivity index (χ1v) is 12.1. The van der Waals surface area contributed by atoms with Gasteiger partial charge in [0.25, 0.3) is 0 Å². The van der Waals surface area contributed by atoms with Crippen LogP contribution in [0.15, 0.2) is 71.7 Å². The molecular weight excluding hydrogens is 489 g/mol. The molecular formula is C26H23ClFN3O3S. The molecule has 1 unspecified atom stereocenters. The number of thioether (sulfide) groups is 1. The summed E-state index contributed by atoms with van der Waals surface area (Å²) in [5.74, 6) is -0.228. The topological polar surface area (TPSA) is 71.0 Å². The van der Waals surface area contributed by atoms with E-state index in [9.17, 15) is 14.0 Å². The molecule has 1 saturated heterocycles. The van der Waals surface area contributed by atoms with Gasteiger partial charge in [-0.05, 0) is 66.6 Å². The molecule has 35 heavy (non-hydrogen) atoms. The first-order chi connectivity index (χ1) is 16.8. The smallest absolute Gasteiger partial charge is 0.238 e. The normalized spacial score (nSPS) is 16.9. The fraction of sp³-hybridized carbons (Fsp3) is 0.192. The van der Waals surface area contributed by atoms with Crippen LogP contribution in [-0.2, 0) is 16.1 Å². The SMILES string of the molecule is COc1ccc(CN2C(=O)CC(C(=O)Nc3ccc(C)c(Cl)c3)SC2=Nc2ccc(F)cc2)cc1. The number of aryl methyl sites for hydroxylation is 1. The minimum atomic E-state index is -0.686. The van der Waals surface area contributed by atoms with E-state index in [1.807, 2.05) is 37.3 Å². The molecule has 1 aliphatic rings. The summed E-state index contributed by atoms with van der Waals surface area (Å²) in [6, 6.07) is 18.3. The van der Waals surface area contributed by atoms with E-state index in [0.717, 1.165) is 11.1 Å². The van der Waals surface area contributed by atoms with Crippen LogP contribution in [0.25, 0.3) is 0 Å². The lowest BCUT2D eigenvalue weighted by Gasteiger charge is -2.32. The van der Waals surface area contributed by atoms with Gasteiger partial charge in [-0.2, -0.15) is 0 Å². The average molecular weight is 512 g/mol. The van der Waals surface area contributed by atoms with E-state index in [4.69, 9.17) is 16.3 Å². The maximum absolute atomic E-state index is 13.4. The molecule has 0 spiro atoms. The van der Waals surface area contributed by atoms with E-state index in [1.165, 1.54) is 36.0 Å². The van der Waals surface area contributed by atoms with E-state index < -0.39 is 5.25 Å². The largest absolute Gasteiger partial charge is 0.497 e. The molecule has 0 saturated carbocycles. The van der Waals surface area contributed by atoms with Crippen LogP contribution in [0.5, 0.6) is 5.75 Å². The number of amidine groups is 1. The molecule has 2 amide bonds. The van der Waals surface area contributed by atoms with Crippen molar-refractivity contribution in [2.24, 2.45) is 4.99 Å². The summed E-state index contributed by atoms with van der Waals surface area (Å²) in [5.41, 5.74) is 2.81. The summed E-state index contributed by atoms with van der Waals surface area (Å²) in [5, 5.41) is 3.06. The molecule has 9 heteroatoms. The molecule has 6 nitrogen and oxygen atoms in total. The number of benzene rings is 3. The Labute approximate surface area is 212 Å². The zero-order chi connectivity index (χ0) is 24.9. The Hall–Kier alpha value is -3.36. The lowest BCUT2D eigenvalue weighted by molar-refractivity contribution is -0.129. The van der Waals surface area contributed by atoms with Gasteiger partial charge >= 0.3 is 0 Å². The Balaban J connectivity index is 1.58. The number of anilines is 1. The molecule has 180 valence electrons. The van der Waals surface area contributed by atoms with E-state index in [-0.39, 0.29) is 30.6 Å². The summed E-state index contributed by atoms with van der Waals surface area (Å²) >= 11 is 7.37. The van der Waals surface area contributed by atoms with Crippen molar-refractivity contribution in [2.75, 3.05) is 12.4 Å². The van der Waals surface area contributed by atoms with Crippen LogP contribution in [0.4, 0.5) is 15.8 Å². The standard InChI is InChI=1S/C26H23ClFN3O3S/c1-16-3-8-20(13-22(16)27)29-25(33)23-14-24(32)31(15-17-4-11-21(34-2)12-5-17)26(35-23)30-19-9-6-18(28)7-10-19/h3-13,23H,14-15H2,1-2H3,(H,29,33). The second kappa shape index (κ2) is 10.9. The fourth-order valence-corrected chi connectivity index (χ4v) is 4.71. The van der Waals surface area contributed by atoms with Crippen molar-refractivity contribution in [2.45, 2.75) is 25.1 Å². The van der Waals surface area contributed by atoms with Crippen molar-refractivity contribution in [1.29, 1.82) is 0 Å². The van der Waals surface area contributed by atoms with E-state index >= 15 is 0 Å². The summed E-state index contributed by atoms with van der Waals surface area (Å²) < 4.78 is 18.6. The van der Waals surface area contributed by atoms with Crippen molar-refractivity contribution >= 4 is 51.7 Å². The summed E-state index contributed by atoms with van der Waals surface area (Å²) in [6.07, 6.45) is 0.00862. The molecule has 0 aliphatic carbocycles. The number of nitrogens with zero attached hydrogens (tertiary/aromatic N) is 2. The number of amides is 2. The highest BCUT2D eigenvalue weighted by atomic mass is 35.5. The summed E-state index contributed by atoms with van der Waals surface area (Å²) in [4.78, 5) is 32.3. The van der Waals surface area contributed by atoms with Gasteiger partial charge in [-0.1, -0.05) is 41.6 Å². The van der Waals surface area contributed by atoms with Crippen molar-refractivity contribution in [1.82, 2.24) is 4.90 Å². The third-order valence-electron chi connectivity index (χ3n) is 5.42. The molecule has 1 atom stereocenters. The van der Waals surface area contributed by atoms with Gasteiger partial charge in [0.1, 0.15) is 16.8 Å². The number of hydrogen-bond acceptors (Lipinski definition) is 5. The maximum Gasteiger partial charge on any atom is 0.238 e. The van der Waals surface area contributed by atoms with Crippen molar-refractivity contribution in [3.05, 3.63) is 88.7 Å². The van der Waals surface area contributed by atoms with Crippen LogP contribution in [0.1, 0.15) is 17.5 Å². The third-order valence-corrected chi connectivity index (χ3v) is 7.02. The van der Waals surface area contributed by atoms with Crippen LogP contribution >= 0.6 is 23.4 Å². The van der Waals surface area contributed by atoms with Crippen molar-refractivity contribution in [3.8, 4) is 5.75 Å². The molecule has 1 heterocycles. The van der Waals surface area contributed by atoms with Crippen LogP contribution in [-0.4, -0.2) is 34.2 Å². The summed E-state index contributed by atoms with van der Waals surface area (Å²) in [6.45, 7) is 2.15. The quantitative estimate of drug-likeness (QED) is 0.443. The molecule has 1 aliphatic heterocycles. The number of aliphatic imine (C=N–C) groups is 1. The molecule has 3 aromatic rings. The zero-order valence-corrected chi connectivity index (χ0v) is 20.7. The molecule has 1 fully saturated rings. The van der Waals surface area contributed by atoms with Crippen molar-refractivity contribution in [3.63, 3.8) is 0 Å². The van der Waals surface area contributed by atoms with Crippen LogP contribution in [0, 0.1) is 12.7 Å². The highest BCUT2D eigenvalue weighted by Crippen LogP contribution is 2.31. The molecule has 0 aromatic heterocycles. The van der Waals surface area contributed by atoms with Gasteiger partial charge < -0.3 is 10.1 Å². The van der Waals surface area contributed by atoms with Gasteiger partial charge in [0.05, 0.1) is 19.3 Å². The Morgan fingerprint density at radius 2 is 1.89 bits per heavy atom. The van der Waals surface area contributed by atoms with Crippen LogP contribution in [0.3, 0.4) is 0 Å². The predicted molar refractivity (Wildman–Crippen MR) is 138 cm³/mol. The van der Waals surface area contributed by atoms with Gasteiger partial charge in [0.2, 0.25) is 11.8 Å².